The minimum Gasteiger partial charge on any atom is -0.484 e. The lowest BCUT2D eigenvalue weighted by atomic mass is 10.1. The van der Waals surface area contributed by atoms with Crippen molar-refractivity contribution < 1.29 is 28.6 Å². The molecule has 0 aliphatic carbocycles. The molecule has 5 rings (SSSR count). The van der Waals surface area contributed by atoms with Crippen LogP contribution in [0.25, 0.3) is 0 Å². The predicted molar refractivity (Wildman–Crippen MR) is 142 cm³/mol. The molecule has 1 N–H and O–H groups in total. The van der Waals surface area contributed by atoms with Crippen molar-refractivity contribution in [1.29, 1.82) is 0 Å². The highest BCUT2D eigenvalue weighted by Crippen LogP contribution is 2.31. The van der Waals surface area contributed by atoms with Crippen molar-refractivity contribution in [1.82, 2.24) is 4.90 Å². The highest BCUT2D eigenvalue weighted by molar-refractivity contribution is 6.32. The van der Waals surface area contributed by atoms with Gasteiger partial charge in [-0.2, -0.15) is 0 Å². The van der Waals surface area contributed by atoms with E-state index in [2.05, 4.69) is 5.32 Å². The van der Waals surface area contributed by atoms with Gasteiger partial charge in [-0.1, -0.05) is 11.6 Å². The van der Waals surface area contributed by atoms with Crippen LogP contribution in [-0.2, 0) is 9.53 Å². The SMILES string of the molecule is Cc1cc(OCC(=O)Nc2ccc(Oc3ccc4c(c3)C(=O)N(CC3CCCO3)C4=O)cc2)cc(C)c1Cl. The number of halogens is 1. The van der Waals surface area contributed by atoms with E-state index in [1.807, 2.05) is 13.8 Å². The molecule has 38 heavy (non-hydrogen) atoms. The number of aryl methyl sites for hydroxylation is 2. The first-order valence-corrected chi connectivity index (χ1v) is 12.8. The van der Waals surface area contributed by atoms with Crippen molar-refractivity contribution in [2.45, 2.75) is 32.8 Å². The van der Waals surface area contributed by atoms with Crippen LogP contribution >= 0.6 is 11.6 Å². The van der Waals surface area contributed by atoms with Crippen LogP contribution in [0.5, 0.6) is 17.2 Å². The Kier molecular flexibility index (Phi) is 7.35. The van der Waals surface area contributed by atoms with Crippen molar-refractivity contribution >= 4 is 35.0 Å². The number of nitrogens with one attached hydrogen (secondary N) is 1. The largest absolute Gasteiger partial charge is 0.484 e. The second-order valence-electron chi connectivity index (χ2n) is 9.40. The first-order valence-electron chi connectivity index (χ1n) is 12.4. The summed E-state index contributed by atoms with van der Waals surface area (Å²) in [4.78, 5) is 39.2. The molecule has 8 nitrogen and oxygen atoms in total. The number of nitrogens with zero attached hydrogens (tertiary/aromatic N) is 1. The Balaban J connectivity index is 1.17. The van der Waals surface area contributed by atoms with Crippen LogP contribution in [0.3, 0.4) is 0 Å². The molecule has 2 heterocycles. The van der Waals surface area contributed by atoms with E-state index in [-0.39, 0.29) is 37.0 Å². The van der Waals surface area contributed by atoms with Gasteiger partial charge in [0.1, 0.15) is 17.2 Å². The van der Waals surface area contributed by atoms with E-state index in [1.54, 1.807) is 54.6 Å². The van der Waals surface area contributed by atoms with Crippen molar-refractivity contribution in [3.63, 3.8) is 0 Å². The van der Waals surface area contributed by atoms with Crippen LogP contribution in [-0.4, -0.2) is 48.5 Å². The van der Waals surface area contributed by atoms with Gasteiger partial charge in [-0.25, -0.2) is 0 Å². The van der Waals surface area contributed by atoms with Crippen LogP contribution in [0.4, 0.5) is 5.69 Å². The molecule has 3 aromatic carbocycles. The number of hydrogen-bond donors (Lipinski definition) is 1. The van der Waals surface area contributed by atoms with Crippen molar-refractivity contribution in [2.75, 3.05) is 25.1 Å². The Hall–Kier alpha value is -3.88. The summed E-state index contributed by atoms with van der Waals surface area (Å²) in [5, 5.41) is 3.46. The molecule has 1 saturated heterocycles. The number of benzene rings is 3. The second-order valence-corrected chi connectivity index (χ2v) is 9.78. The molecule has 0 radical (unpaired) electrons. The monoisotopic (exact) mass is 534 g/mol. The second kappa shape index (κ2) is 10.8. The van der Waals surface area contributed by atoms with Crippen molar-refractivity contribution in [3.8, 4) is 17.2 Å². The molecular formula is C29H27ClN2O6. The predicted octanol–water partition coefficient (Wildman–Crippen LogP) is 5.54. The van der Waals surface area contributed by atoms with E-state index in [4.69, 9.17) is 25.8 Å². The summed E-state index contributed by atoms with van der Waals surface area (Å²) in [6.45, 7) is 4.54. The van der Waals surface area contributed by atoms with Gasteiger partial charge in [0.25, 0.3) is 17.7 Å². The third-order valence-electron chi connectivity index (χ3n) is 6.51. The van der Waals surface area contributed by atoms with E-state index in [1.165, 1.54) is 4.90 Å². The molecule has 1 atom stereocenters. The summed E-state index contributed by atoms with van der Waals surface area (Å²) in [5.74, 6) is 0.570. The van der Waals surface area contributed by atoms with Gasteiger partial charge in [0, 0.05) is 17.3 Å². The fourth-order valence-corrected chi connectivity index (χ4v) is 4.68. The Labute approximate surface area is 225 Å². The van der Waals surface area contributed by atoms with Gasteiger partial charge >= 0.3 is 0 Å². The summed E-state index contributed by atoms with van der Waals surface area (Å²) >= 11 is 6.17. The van der Waals surface area contributed by atoms with Gasteiger partial charge in [-0.15, -0.1) is 0 Å². The molecule has 0 aromatic heterocycles. The highest BCUT2D eigenvalue weighted by atomic mass is 35.5. The highest BCUT2D eigenvalue weighted by Gasteiger charge is 2.37. The molecule has 2 aliphatic heterocycles. The van der Waals surface area contributed by atoms with Gasteiger partial charge < -0.3 is 19.5 Å². The smallest absolute Gasteiger partial charge is 0.262 e. The van der Waals surface area contributed by atoms with E-state index in [9.17, 15) is 14.4 Å². The molecule has 0 bridgehead atoms. The van der Waals surface area contributed by atoms with Crippen LogP contribution in [0.2, 0.25) is 5.02 Å². The van der Waals surface area contributed by atoms with E-state index < -0.39 is 0 Å². The number of anilines is 1. The summed E-state index contributed by atoms with van der Waals surface area (Å²) in [7, 11) is 0. The normalized spacial score (nSPS) is 16.5. The van der Waals surface area contributed by atoms with Crippen LogP contribution in [0.1, 0.15) is 44.7 Å². The number of rotatable bonds is 8. The number of carbonyl (C=O) groups excluding carboxylic acids is 3. The van der Waals surface area contributed by atoms with Crippen molar-refractivity contribution in [3.05, 3.63) is 81.9 Å². The van der Waals surface area contributed by atoms with E-state index in [0.717, 1.165) is 24.0 Å². The van der Waals surface area contributed by atoms with Crippen LogP contribution in [0, 0.1) is 13.8 Å². The standard InChI is InChI=1S/C29H27ClN2O6/c1-17-12-23(13-18(2)27(17)30)37-16-26(33)31-19-5-7-20(8-6-19)38-21-9-10-24-25(14-21)29(35)32(28(24)34)15-22-4-3-11-36-22/h5-10,12-14,22H,3-4,11,15-16H2,1-2H3,(H,31,33). The minimum atomic E-state index is -0.338. The number of ether oxygens (including phenoxy) is 3. The van der Waals surface area contributed by atoms with Crippen molar-refractivity contribution in [2.24, 2.45) is 0 Å². The molecule has 1 unspecified atom stereocenters. The Morgan fingerprint density at radius 1 is 0.974 bits per heavy atom. The van der Waals surface area contributed by atoms with Gasteiger partial charge in [-0.05, 0) is 92.4 Å². The number of carbonyl (C=O) groups is 3. The molecule has 196 valence electrons. The number of imide groups is 1. The summed E-state index contributed by atoms with van der Waals surface area (Å²) in [5.41, 5.74) is 3.03. The Bertz CT molecular complexity index is 1380. The maximum Gasteiger partial charge on any atom is 0.262 e. The summed E-state index contributed by atoms with van der Waals surface area (Å²) in [6.07, 6.45) is 1.67. The zero-order chi connectivity index (χ0) is 26.8. The fourth-order valence-electron chi connectivity index (χ4n) is 4.57. The molecule has 0 saturated carbocycles. The molecular weight excluding hydrogens is 508 g/mol. The lowest BCUT2D eigenvalue weighted by Crippen LogP contribution is -2.36. The molecule has 3 aromatic rings. The maximum atomic E-state index is 12.9. The van der Waals surface area contributed by atoms with E-state index in [0.29, 0.717) is 45.7 Å². The Morgan fingerprint density at radius 3 is 2.34 bits per heavy atom. The third kappa shape index (κ3) is 5.51. The minimum absolute atomic E-state index is 0.107. The first-order chi connectivity index (χ1) is 18.3. The molecule has 1 fully saturated rings. The zero-order valence-electron chi connectivity index (χ0n) is 21.1. The molecule has 0 spiro atoms. The third-order valence-corrected chi connectivity index (χ3v) is 7.10. The van der Waals surface area contributed by atoms with Gasteiger partial charge in [0.05, 0.1) is 23.8 Å². The molecule has 9 heteroatoms. The van der Waals surface area contributed by atoms with Crippen LogP contribution < -0.4 is 14.8 Å². The van der Waals surface area contributed by atoms with Gasteiger partial charge in [-0.3, -0.25) is 19.3 Å². The fraction of sp³-hybridized carbons (Fsp3) is 0.276. The lowest BCUT2D eigenvalue weighted by Gasteiger charge is -2.17. The first kappa shape index (κ1) is 25.8. The topological polar surface area (TPSA) is 94.2 Å². The lowest BCUT2D eigenvalue weighted by molar-refractivity contribution is -0.118. The number of amides is 3. The summed E-state index contributed by atoms with van der Waals surface area (Å²) in [6, 6.07) is 15.2. The average molecular weight is 535 g/mol. The maximum absolute atomic E-state index is 12.9. The summed E-state index contributed by atoms with van der Waals surface area (Å²) < 4.78 is 17.1. The number of hydrogen-bond acceptors (Lipinski definition) is 6. The van der Waals surface area contributed by atoms with E-state index >= 15 is 0 Å². The van der Waals surface area contributed by atoms with Gasteiger partial charge in [0.15, 0.2) is 6.61 Å². The molecule has 2 aliphatic rings. The Morgan fingerprint density at radius 2 is 1.66 bits per heavy atom. The molecule has 3 amide bonds. The number of fused-ring (bicyclic) bond motifs is 1. The quantitative estimate of drug-likeness (QED) is 0.381. The van der Waals surface area contributed by atoms with Gasteiger partial charge in [0.2, 0.25) is 0 Å². The average Bonchev–Trinajstić information content (AvgIpc) is 3.50. The zero-order valence-corrected chi connectivity index (χ0v) is 21.8. The van der Waals surface area contributed by atoms with Crippen LogP contribution in [0.15, 0.2) is 54.6 Å².